The van der Waals surface area contributed by atoms with E-state index >= 15 is 0 Å². The number of ether oxygens (including phenoxy) is 2. The predicted octanol–water partition coefficient (Wildman–Crippen LogP) is 3.75. The van der Waals surface area contributed by atoms with Crippen LogP contribution in [-0.4, -0.2) is 55.5 Å². The molecule has 4 rings (SSSR count). The number of carboxylic acids is 1. The minimum Gasteiger partial charge on any atom is -0.481 e. The van der Waals surface area contributed by atoms with Gasteiger partial charge in [0.2, 0.25) is 0 Å². The smallest absolute Gasteiger partial charge is 0.409 e. The third-order valence-corrected chi connectivity index (χ3v) is 6.19. The van der Waals surface area contributed by atoms with Crippen LogP contribution in [0.25, 0.3) is 11.1 Å². The molecule has 1 saturated heterocycles. The summed E-state index contributed by atoms with van der Waals surface area (Å²) in [5.74, 6) is -0.893. The average molecular weight is 395 g/mol. The second-order valence-electron chi connectivity index (χ2n) is 7.80. The highest BCUT2D eigenvalue weighted by molar-refractivity contribution is 5.80. The monoisotopic (exact) mass is 395 g/mol. The van der Waals surface area contributed by atoms with Crippen molar-refractivity contribution in [3.8, 4) is 11.1 Å². The van der Waals surface area contributed by atoms with Gasteiger partial charge in [0, 0.05) is 32.7 Å². The number of rotatable bonds is 6. The summed E-state index contributed by atoms with van der Waals surface area (Å²) in [7, 11) is 1.55. The van der Waals surface area contributed by atoms with Crippen LogP contribution in [0.3, 0.4) is 0 Å². The maximum Gasteiger partial charge on any atom is 0.409 e. The summed E-state index contributed by atoms with van der Waals surface area (Å²) < 4.78 is 10.7. The van der Waals surface area contributed by atoms with Crippen molar-refractivity contribution in [2.45, 2.75) is 18.8 Å². The van der Waals surface area contributed by atoms with E-state index in [1.165, 1.54) is 16.0 Å². The van der Waals surface area contributed by atoms with E-state index in [0.29, 0.717) is 26.0 Å². The lowest BCUT2D eigenvalue weighted by Gasteiger charge is -2.24. The third-order valence-electron chi connectivity index (χ3n) is 6.19. The van der Waals surface area contributed by atoms with Crippen LogP contribution in [0.4, 0.5) is 4.79 Å². The number of carboxylic acid groups (broad SMARTS) is 1. The first-order valence-electron chi connectivity index (χ1n) is 9.88. The van der Waals surface area contributed by atoms with Crippen LogP contribution in [-0.2, 0) is 14.3 Å². The number of nitrogens with zero attached hydrogens (tertiary/aromatic N) is 1. The molecule has 1 fully saturated rings. The molecule has 152 valence electrons. The van der Waals surface area contributed by atoms with Gasteiger partial charge in [0.1, 0.15) is 6.61 Å². The van der Waals surface area contributed by atoms with Gasteiger partial charge < -0.3 is 19.5 Å². The molecule has 1 N–H and O–H groups in total. The fraction of sp³-hybridized carbons (Fsp3) is 0.391. The molecule has 29 heavy (non-hydrogen) atoms. The Bertz CT molecular complexity index is 881. The summed E-state index contributed by atoms with van der Waals surface area (Å²) >= 11 is 0. The number of aliphatic carboxylic acids is 1. The van der Waals surface area contributed by atoms with E-state index in [0.717, 1.165) is 11.1 Å². The Hall–Kier alpha value is -2.86. The van der Waals surface area contributed by atoms with Crippen molar-refractivity contribution in [3.05, 3.63) is 59.7 Å². The Balaban J connectivity index is 1.45. The first-order valence-corrected chi connectivity index (χ1v) is 9.88. The Morgan fingerprint density at radius 2 is 1.72 bits per heavy atom. The third kappa shape index (κ3) is 3.49. The van der Waals surface area contributed by atoms with Crippen molar-refractivity contribution in [1.29, 1.82) is 0 Å². The van der Waals surface area contributed by atoms with E-state index in [1.54, 1.807) is 7.11 Å². The highest BCUT2D eigenvalue weighted by Crippen LogP contribution is 2.44. The number of methoxy groups -OCH3 is 1. The molecule has 2 aromatic rings. The number of hydrogen-bond donors (Lipinski definition) is 1. The van der Waals surface area contributed by atoms with E-state index in [-0.39, 0.29) is 19.1 Å². The largest absolute Gasteiger partial charge is 0.481 e. The maximum absolute atomic E-state index is 12.7. The van der Waals surface area contributed by atoms with E-state index in [4.69, 9.17) is 9.47 Å². The summed E-state index contributed by atoms with van der Waals surface area (Å²) in [6.07, 6.45) is 0.342. The highest BCUT2D eigenvalue weighted by atomic mass is 16.6. The van der Waals surface area contributed by atoms with Crippen LogP contribution in [0.15, 0.2) is 48.5 Å². The molecule has 6 nitrogen and oxygen atoms in total. The van der Waals surface area contributed by atoms with Gasteiger partial charge in [-0.15, -0.1) is 0 Å². The molecule has 1 unspecified atom stereocenters. The van der Waals surface area contributed by atoms with Crippen LogP contribution in [0.1, 0.15) is 29.9 Å². The Kier molecular flexibility index (Phi) is 5.28. The van der Waals surface area contributed by atoms with Gasteiger partial charge in [0.05, 0.1) is 5.41 Å². The van der Waals surface area contributed by atoms with Crippen molar-refractivity contribution in [2.75, 3.05) is 33.4 Å². The van der Waals surface area contributed by atoms with Crippen molar-refractivity contribution >= 4 is 12.1 Å². The first kappa shape index (κ1) is 19.5. The van der Waals surface area contributed by atoms with E-state index in [2.05, 4.69) is 24.3 Å². The Morgan fingerprint density at radius 3 is 2.31 bits per heavy atom. The van der Waals surface area contributed by atoms with Gasteiger partial charge in [-0.2, -0.15) is 0 Å². The van der Waals surface area contributed by atoms with Crippen LogP contribution < -0.4 is 0 Å². The van der Waals surface area contributed by atoms with E-state index < -0.39 is 17.5 Å². The first-order chi connectivity index (χ1) is 14.1. The number of likely N-dealkylation sites (tertiary alicyclic amines) is 1. The maximum atomic E-state index is 12.7. The molecule has 2 aliphatic rings. The predicted molar refractivity (Wildman–Crippen MR) is 108 cm³/mol. The normalized spacial score (nSPS) is 20.4. The van der Waals surface area contributed by atoms with E-state index in [1.807, 2.05) is 24.3 Å². The van der Waals surface area contributed by atoms with Gasteiger partial charge >= 0.3 is 12.1 Å². The van der Waals surface area contributed by atoms with Crippen molar-refractivity contribution in [2.24, 2.45) is 5.41 Å². The molecule has 1 aliphatic heterocycles. The SMILES string of the molecule is COCCC1(C(=O)O)CCN(C(=O)OCC2c3ccccc3-c3ccccc32)C1. The molecule has 0 bridgehead atoms. The molecule has 6 heteroatoms. The van der Waals surface area contributed by atoms with Gasteiger partial charge in [-0.05, 0) is 35.1 Å². The second-order valence-corrected chi connectivity index (χ2v) is 7.80. The number of fused-ring (bicyclic) bond motifs is 3. The molecule has 1 amide bonds. The summed E-state index contributed by atoms with van der Waals surface area (Å²) in [5, 5.41) is 9.68. The fourth-order valence-corrected chi connectivity index (χ4v) is 4.50. The molecule has 0 aromatic heterocycles. The highest BCUT2D eigenvalue weighted by Gasteiger charge is 2.46. The van der Waals surface area contributed by atoms with Gasteiger partial charge in [0.15, 0.2) is 0 Å². The average Bonchev–Trinajstić information content (AvgIpc) is 3.32. The van der Waals surface area contributed by atoms with Crippen LogP contribution in [0.5, 0.6) is 0 Å². The van der Waals surface area contributed by atoms with Crippen LogP contribution >= 0.6 is 0 Å². The zero-order valence-corrected chi connectivity index (χ0v) is 16.5. The molecule has 0 spiro atoms. The van der Waals surface area contributed by atoms with Crippen LogP contribution in [0, 0.1) is 5.41 Å². The summed E-state index contributed by atoms with van der Waals surface area (Å²) in [5.41, 5.74) is 3.71. The standard InChI is InChI=1S/C23H25NO5/c1-28-13-11-23(21(25)26)10-12-24(15-23)22(27)29-14-20-18-8-4-2-6-16(18)17-7-3-5-9-19(17)20/h2-9,20H,10-15H2,1H3,(H,25,26). The lowest BCUT2D eigenvalue weighted by molar-refractivity contribution is -0.149. The quantitative estimate of drug-likeness (QED) is 0.806. The topological polar surface area (TPSA) is 76.1 Å². The van der Waals surface area contributed by atoms with E-state index in [9.17, 15) is 14.7 Å². The van der Waals surface area contributed by atoms with Gasteiger partial charge in [-0.1, -0.05) is 48.5 Å². The molecule has 1 aliphatic carbocycles. The molecular formula is C23H25NO5. The molecule has 2 aromatic carbocycles. The summed E-state index contributed by atoms with van der Waals surface area (Å²) in [6.45, 7) is 1.13. The number of benzene rings is 2. The zero-order chi connectivity index (χ0) is 20.4. The molecule has 0 radical (unpaired) electrons. The van der Waals surface area contributed by atoms with Gasteiger partial charge in [0.25, 0.3) is 0 Å². The Morgan fingerprint density at radius 1 is 1.10 bits per heavy atom. The number of hydrogen-bond acceptors (Lipinski definition) is 4. The lowest BCUT2D eigenvalue weighted by Crippen LogP contribution is -2.38. The molecule has 1 atom stereocenters. The fourth-order valence-electron chi connectivity index (χ4n) is 4.50. The zero-order valence-electron chi connectivity index (χ0n) is 16.5. The molecule has 0 saturated carbocycles. The second kappa shape index (κ2) is 7.87. The molecular weight excluding hydrogens is 370 g/mol. The van der Waals surface area contributed by atoms with Crippen molar-refractivity contribution in [3.63, 3.8) is 0 Å². The lowest BCUT2D eigenvalue weighted by atomic mass is 9.84. The minimum atomic E-state index is -0.957. The number of carbonyl (C=O) groups excluding carboxylic acids is 1. The molecule has 1 heterocycles. The minimum absolute atomic E-state index is 0.00771. The van der Waals surface area contributed by atoms with Gasteiger partial charge in [-0.25, -0.2) is 4.79 Å². The summed E-state index contributed by atoms with van der Waals surface area (Å²) in [4.78, 5) is 26.0. The van der Waals surface area contributed by atoms with Crippen LogP contribution in [0.2, 0.25) is 0 Å². The van der Waals surface area contributed by atoms with Crippen molar-refractivity contribution < 1.29 is 24.2 Å². The number of amides is 1. The number of carbonyl (C=O) groups is 2. The Labute approximate surface area is 170 Å². The van der Waals surface area contributed by atoms with Gasteiger partial charge in [-0.3, -0.25) is 4.79 Å². The summed E-state index contributed by atoms with van der Waals surface area (Å²) in [6, 6.07) is 16.3. The van der Waals surface area contributed by atoms with Crippen molar-refractivity contribution in [1.82, 2.24) is 4.90 Å².